The molecule has 1 amide bonds. The zero-order valence-corrected chi connectivity index (χ0v) is 12.7. The number of phenols is 1. The van der Waals surface area contributed by atoms with E-state index in [9.17, 15) is 14.7 Å². The first kappa shape index (κ1) is 15.3. The lowest BCUT2D eigenvalue weighted by atomic mass is 10.2. The zero-order chi connectivity index (χ0) is 15.6. The van der Waals surface area contributed by atoms with Gasteiger partial charge in [-0.05, 0) is 22.0 Å². The Morgan fingerprint density at radius 3 is 2.81 bits per heavy atom. The number of carbonyl (C=O) groups is 1. The van der Waals surface area contributed by atoms with E-state index < -0.39 is 11.7 Å². The lowest BCUT2D eigenvalue weighted by Gasteiger charge is -2.21. The Morgan fingerprint density at radius 2 is 2.19 bits per heavy atom. The number of rotatable bonds is 3. The summed E-state index contributed by atoms with van der Waals surface area (Å²) in [6, 6.07) is 4.02. The van der Waals surface area contributed by atoms with E-state index in [0.717, 1.165) is 0 Å². The highest BCUT2D eigenvalue weighted by molar-refractivity contribution is 9.10. The lowest BCUT2D eigenvalue weighted by molar-refractivity contribution is 0.179. The summed E-state index contributed by atoms with van der Waals surface area (Å²) < 4.78 is 10.1. The van der Waals surface area contributed by atoms with Gasteiger partial charge in [-0.2, -0.15) is 0 Å². The number of aromatic hydroxyl groups is 1. The third kappa shape index (κ3) is 3.01. The van der Waals surface area contributed by atoms with Crippen molar-refractivity contribution in [2.45, 2.75) is 0 Å². The van der Waals surface area contributed by atoms with Gasteiger partial charge in [-0.3, -0.25) is 4.90 Å². The molecule has 1 heterocycles. The Balaban J connectivity index is 2.73. The van der Waals surface area contributed by atoms with E-state index in [1.54, 1.807) is 6.07 Å². The van der Waals surface area contributed by atoms with Crippen molar-refractivity contribution in [3.63, 3.8) is 0 Å². The third-order valence-corrected chi connectivity index (χ3v) is 3.46. The number of methoxy groups -OCH3 is 1. The molecule has 112 valence electrons. The summed E-state index contributed by atoms with van der Waals surface area (Å²) >= 11 is 3.18. The monoisotopic (exact) mass is 356 g/mol. The summed E-state index contributed by atoms with van der Waals surface area (Å²) in [5.41, 5.74) is 5.31. The van der Waals surface area contributed by atoms with Crippen LogP contribution in [0.3, 0.4) is 0 Å². The van der Waals surface area contributed by atoms with E-state index in [1.165, 1.54) is 24.1 Å². The summed E-state index contributed by atoms with van der Waals surface area (Å²) in [7, 11) is 1.24. The van der Waals surface area contributed by atoms with Crippen LogP contribution in [0.25, 0.3) is 11.0 Å². The zero-order valence-electron chi connectivity index (χ0n) is 11.1. The number of ether oxygens (including phenoxy) is 1. The Hall–Kier alpha value is -2.06. The molecular weight excluding hydrogens is 344 g/mol. The molecule has 0 unspecified atom stereocenters. The van der Waals surface area contributed by atoms with Crippen molar-refractivity contribution in [1.82, 2.24) is 0 Å². The van der Waals surface area contributed by atoms with Gasteiger partial charge in [0.25, 0.3) is 0 Å². The summed E-state index contributed by atoms with van der Waals surface area (Å²) in [4.78, 5) is 24.8. The van der Waals surface area contributed by atoms with Gasteiger partial charge in [0.1, 0.15) is 11.3 Å². The van der Waals surface area contributed by atoms with E-state index in [-0.39, 0.29) is 24.4 Å². The number of nitrogens with zero attached hydrogens (tertiary/aromatic N) is 1. The number of fused-ring (bicyclic) bond motifs is 1. The molecule has 1 aromatic carbocycles. The number of hydrogen-bond donors (Lipinski definition) is 2. The van der Waals surface area contributed by atoms with Crippen molar-refractivity contribution in [2.24, 2.45) is 5.73 Å². The number of nitrogens with two attached hydrogens (primary N) is 1. The first-order valence-corrected chi connectivity index (χ1v) is 6.79. The van der Waals surface area contributed by atoms with Gasteiger partial charge in [0.2, 0.25) is 0 Å². The molecule has 0 aliphatic rings. The molecule has 7 nitrogen and oxygen atoms in total. The molecule has 0 radical (unpaired) electrons. The van der Waals surface area contributed by atoms with Gasteiger partial charge in [0.05, 0.1) is 17.3 Å². The van der Waals surface area contributed by atoms with Crippen molar-refractivity contribution >= 4 is 38.7 Å². The number of benzene rings is 1. The van der Waals surface area contributed by atoms with Crippen LogP contribution in [0, 0.1) is 0 Å². The largest absolute Gasteiger partial charge is 0.507 e. The van der Waals surface area contributed by atoms with Gasteiger partial charge in [-0.25, -0.2) is 9.59 Å². The van der Waals surface area contributed by atoms with Crippen LogP contribution >= 0.6 is 15.9 Å². The van der Waals surface area contributed by atoms with Crippen molar-refractivity contribution in [3.8, 4) is 5.75 Å². The molecule has 0 spiro atoms. The van der Waals surface area contributed by atoms with E-state index in [2.05, 4.69) is 15.9 Å². The summed E-state index contributed by atoms with van der Waals surface area (Å²) in [5.74, 6) is -0.0776. The normalized spacial score (nSPS) is 10.6. The molecule has 8 heteroatoms. The van der Waals surface area contributed by atoms with Gasteiger partial charge in [-0.15, -0.1) is 0 Å². The second-order valence-electron chi connectivity index (χ2n) is 4.16. The molecular formula is C13H13BrN2O5. The average molecular weight is 357 g/mol. The molecule has 0 aliphatic heterocycles. The number of phenolic OH excluding ortho intramolecular Hbond substituents is 1. The number of hydrogen-bond acceptors (Lipinski definition) is 6. The van der Waals surface area contributed by atoms with Gasteiger partial charge >= 0.3 is 11.7 Å². The molecule has 0 atom stereocenters. The molecule has 3 N–H and O–H groups in total. The second kappa shape index (κ2) is 6.15. The van der Waals surface area contributed by atoms with Crippen molar-refractivity contribution < 1.29 is 19.1 Å². The van der Waals surface area contributed by atoms with Crippen molar-refractivity contribution in [2.75, 3.05) is 25.1 Å². The Kier molecular flexibility index (Phi) is 4.49. The fourth-order valence-electron chi connectivity index (χ4n) is 1.93. The van der Waals surface area contributed by atoms with E-state index in [1.807, 2.05) is 0 Å². The lowest BCUT2D eigenvalue weighted by Crippen LogP contribution is -2.35. The minimum absolute atomic E-state index is 0.0776. The number of amides is 1. The van der Waals surface area contributed by atoms with E-state index >= 15 is 0 Å². The fraction of sp³-hybridized carbons (Fsp3) is 0.231. The number of anilines is 1. The van der Waals surface area contributed by atoms with Crippen LogP contribution in [0.4, 0.5) is 10.5 Å². The van der Waals surface area contributed by atoms with Gasteiger partial charge in [0.15, 0.2) is 0 Å². The molecule has 0 saturated heterocycles. The molecule has 1 aromatic heterocycles. The minimum atomic E-state index is -0.648. The highest BCUT2D eigenvalue weighted by Crippen LogP contribution is 2.33. The van der Waals surface area contributed by atoms with E-state index in [0.29, 0.717) is 15.5 Å². The Labute approximate surface area is 128 Å². The maximum absolute atomic E-state index is 11.9. The molecule has 0 saturated carbocycles. The Bertz CT molecular complexity index is 743. The van der Waals surface area contributed by atoms with Gasteiger partial charge in [0, 0.05) is 30.6 Å². The molecule has 21 heavy (non-hydrogen) atoms. The van der Waals surface area contributed by atoms with Crippen LogP contribution in [0.1, 0.15) is 0 Å². The average Bonchev–Trinajstić information content (AvgIpc) is 2.45. The Morgan fingerprint density at radius 1 is 1.48 bits per heavy atom. The van der Waals surface area contributed by atoms with Crippen LogP contribution in [0.15, 0.2) is 31.9 Å². The fourth-order valence-corrected chi connectivity index (χ4v) is 2.27. The predicted molar refractivity (Wildman–Crippen MR) is 80.7 cm³/mol. The van der Waals surface area contributed by atoms with Crippen LogP contribution in [-0.4, -0.2) is 31.4 Å². The topological polar surface area (TPSA) is 106 Å². The summed E-state index contributed by atoms with van der Waals surface area (Å²) in [6.07, 6.45) is -0.642. The molecule has 0 fully saturated rings. The van der Waals surface area contributed by atoms with Gasteiger partial charge in [-0.1, -0.05) is 0 Å². The van der Waals surface area contributed by atoms with Crippen LogP contribution < -0.4 is 16.3 Å². The summed E-state index contributed by atoms with van der Waals surface area (Å²) in [5, 5.41) is 10.1. The third-order valence-electron chi connectivity index (χ3n) is 2.83. The van der Waals surface area contributed by atoms with Crippen LogP contribution in [0.2, 0.25) is 0 Å². The standard InChI is InChI=1S/C13H13BrN2O5/c1-20-13(19)16(3-2-15)9-5-12(18)21-11-6-10(17)8(14)4-7(9)11/h4-6,17H,2-3,15H2,1H3. The maximum Gasteiger partial charge on any atom is 0.414 e. The van der Waals surface area contributed by atoms with Crippen LogP contribution in [-0.2, 0) is 4.74 Å². The maximum atomic E-state index is 11.9. The van der Waals surface area contributed by atoms with Crippen molar-refractivity contribution in [3.05, 3.63) is 33.1 Å². The highest BCUT2D eigenvalue weighted by Gasteiger charge is 2.20. The SMILES string of the molecule is COC(=O)N(CCN)c1cc(=O)oc2cc(O)c(Br)cc12. The number of halogens is 1. The molecule has 2 rings (SSSR count). The van der Waals surface area contributed by atoms with Crippen molar-refractivity contribution in [1.29, 1.82) is 0 Å². The first-order valence-electron chi connectivity index (χ1n) is 6.00. The predicted octanol–water partition coefficient (Wildman–Crippen LogP) is 1.79. The smallest absolute Gasteiger partial charge is 0.414 e. The quantitative estimate of drug-likeness (QED) is 0.812. The van der Waals surface area contributed by atoms with Crippen LogP contribution in [0.5, 0.6) is 5.75 Å². The number of carbonyl (C=O) groups excluding carboxylic acids is 1. The molecule has 2 aromatic rings. The second-order valence-corrected chi connectivity index (χ2v) is 5.02. The molecule has 0 bridgehead atoms. The first-order chi connectivity index (χ1) is 9.97. The van der Waals surface area contributed by atoms with E-state index in [4.69, 9.17) is 14.9 Å². The summed E-state index contributed by atoms with van der Waals surface area (Å²) in [6.45, 7) is 0.361. The minimum Gasteiger partial charge on any atom is -0.507 e. The van der Waals surface area contributed by atoms with Gasteiger partial charge < -0.3 is 20.0 Å². The highest BCUT2D eigenvalue weighted by atomic mass is 79.9. The molecule has 0 aliphatic carbocycles.